The van der Waals surface area contributed by atoms with Gasteiger partial charge in [0.2, 0.25) is 5.89 Å². The molecule has 3 rings (SSSR count). The van der Waals surface area contributed by atoms with Crippen molar-refractivity contribution in [1.29, 1.82) is 0 Å². The third kappa shape index (κ3) is 4.63. The topological polar surface area (TPSA) is 38.5 Å². The molecule has 0 spiro atoms. The molecule has 2 aromatic rings. The van der Waals surface area contributed by atoms with Crippen molar-refractivity contribution in [3.63, 3.8) is 0 Å². The Morgan fingerprint density at radius 3 is 2.76 bits per heavy atom. The van der Waals surface area contributed by atoms with E-state index in [0.29, 0.717) is 11.9 Å². The number of aryl methyl sites for hydroxylation is 1. The molecule has 1 saturated heterocycles. The first-order valence-corrected chi connectivity index (χ1v) is 9.61. The van der Waals surface area contributed by atoms with Crippen molar-refractivity contribution >= 4 is 0 Å². The molecule has 1 aliphatic rings. The highest BCUT2D eigenvalue weighted by atomic mass is 16.5. The van der Waals surface area contributed by atoms with E-state index in [1.807, 2.05) is 31.2 Å². The highest BCUT2D eigenvalue weighted by Gasteiger charge is 2.21. The first-order valence-electron chi connectivity index (χ1n) is 9.61. The van der Waals surface area contributed by atoms with E-state index < -0.39 is 0 Å². The van der Waals surface area contributed by atoms with Crippen LogP contribution in [0.4, 0.5) is 0 Å². The summed E-state index contributed by atoms with van der Waals surface area (Å²) < 4.78 is 11.6. The molecular weight excluding hydrogens is 312 g/mol. The Bertz CT molecular complexity index is 663. The Morgan fingerprint density at radius 1 is 1.28 bits per heavy atom. The van der Waals surface area contributed by atoms with Gasteiger partial charge in [0.05, 0.1) is 12.3 Å². The van der Waals surface area contributed by atoms with Crippen LogP contribution in [0.2, 0.25) is 0 Å². The molecule has 1 aromatic carbocycles. The maximum Gasteiger partial charge on any atom is 0.226 e. The normalized spacial score (nSPS) is 18.0. The lowest BCUT2D eigenvalue weighted by Crippen LogP contribution is -2.29. The van der Waals surface area contributed by atoms with Crippen LogP contribution >= 0.6 is 0 Å². The maximum atomic E-state index is 5.91. The zero-order chi connectivity index (χ0) is 17.6. The fraction of sp³-hybridized carbons (Fsp3) is 0.571. The van der Waals surface area contributed by atoms with Crippen molar-refractivity contribution in [1.82, 2.24) is 9.88 Å². The summed E-state index contributed by atoms with van der Waals surface area (Å²) in [7, 11) is 0. The maximum absolute atomic E-state index is 5.91. The summed E-state index contributed by atoms with van der Waals surface area (Å²) in [5.74, 6) is 2.55. The van der Waals surface area contributed by atoms with Crippen LogP contribution in [-0.4, -0.2) is 35.6 Å². The zero-order valence-electron chi connectivity index (χ0n) is 15.8. The van der Waals surface area contributed by atoms with Crippen molar-refractivity contribution < 1.29 is 9.15 Å². The molecule has 0 radical (unpaired) electrons. The fourth-order valence-corrected chi connectivity index (χ4v) is 3.39. The van der Waals surface area contributed by atoms with Gasteiger partial charge in [-0.2, -0.15) is 0 Å². The van der Waals surface area contributed by atoms with Gasteiger partial charge in [-0.15, -0.1) is 0 Å². The lowest BCUT2D eigenvalue weighted by atomic mass is 10.2. The molecule has 25 heavy (non-hydrogen) atoms. The van der Waals surface area contributed by atoms with E-state index in [1.54, 1.807) is 0 Å². The summed E-state index contributed by atoms with van der Waals surface area (Å²) in [4.78, 5) is 7.29. The molecule has 0 bridgehead atoms. The Hall–Kier alpha value is -1.81. The molecule has 2 heterocycles. The van der Waals surface area contributed by atoms with Gasteiger partial charge in [0.1, 0.15) is 11.5 Å². The van der Waals surface area contributed by atoms with Crippen LogP contribution in [0.1, 0.15) is 51.0 Å². The van der Waals surface area contributed by atoms with E-state index in [2.05, 4.69) is 18.7 Å². The summed E-state index contributed by atoms with van der Waals surface area (Å²) in [6, 6.07) is 8.75. The van der Waals surface area contributed by atoms with Gasteiger partial charge in [0.15, 0.2) is 0 Å². The SMILES string of the molecule is CCCCOc1ccc(-c2nc(CCN3CCCC3C)c(C)o2)cc1. The molecule has 1 aromatic heterocycles. The fourth-order valence-electron chi connectivity index (χ4n) is 3.39. The lowest BCUT2D eigenvalue weighted by Gasteiger charge is -2.20. The number of aromatic nitrogens is 1. The van der Waals surface area contributed by atoms with E-state index in [1.165, 1.54) is 19.4 Å². The first kappa shape index (κ1) is 18.0. The van der Waals surface area contributed by atoms with Crippen molar-refractivity contribution in [2.75, 3.05) is 19.7 Å². The summed E-state index contributed by atoms with van der Waals surface area (Å²) in [6.45, 7) is 9.55. The second-order valence-corrected chi connectivity index (χ2v) is 7.03. The quantitative estimate of drug-likeness (QED) is 0.642. The Balaban J connectivity index is 1.61. The predicted octanol–water partition coefficient (Wildman–Crippen LogP) is 4.86. The highest BCUT2D eigenvalue weighted by Crippen LogP contribution is 2.25. The molecule has 4 heteroatoms. The highest BCUT2D eigenvalue weighted by molar-refractivity contribution is 5.55. The van der Waals surface area contributed by atoms with E-state index in [-0.39, 0.29) is 0 Å². The Morgan fingerprint density at radius 2 is 2.08 bits per heavy atom. The molecule has 1 aliphatic heterocycles. The molecule has 0 amide bonds. The minimum absolute atomic E-state index is 0.701. The third-order valence-electron chi connectivity index (χ3n) is 5.09. The standard InChI is InChI=1S/C21H30N2O2/c1-4-5-15-24-19-10-8-18(9-11-19)21-22-20(17(3)25-21)12-14-23-13-6-7-16(23)2/h8-11,16H,4-7,12-15H2,1-3H3. The number of oxazole rings is 1. The summed E-state index contributed by atoms with van der Waals surface area (Å²) in [5, 5.41) is 0. The number of benzene rings is 1. The minimum atomic E-state index is 0.701. The number of unbranched alkanes of at least 4 members (excludes halogenated alkanes) is 1. The van der Waals surface area contributed by atoms with Crippen molar-refractivity contribution in [2.24, 2.45) is 0 Å². The molecule has 136 valence electrons. The van der Waals surface area contributed by atoms with Crippen LogP contribution < -0.4 is 4.74 Å². The molecule has 1 fully saturated rings. The van der Waals surface area contributed by atoms with Crippen LogP contribution in [0.25, 0.3) is 11.5 Å². The monoisotopic (exact) mass is 342 g/mol. The van der Waals surface area contributed by atoms with Gasteiger partial charge < -0.3 is 14.1 Å². The second kappa shape index (κ2) is 8.52. The number of nitrogens with zero attached hydrogens (tertiary/aromatic N) is 2. The first-order chi connectivity index (χ1) is 12.2. The average molecular weight is 342 g/mol. The van der Waals surface area contributed by atoms with Crippen LogP contribution in [0, 0.1) is 6.92 Å². The molecule has 0 saturated carbocycles. The molecule has 1 unspecified atom stereocenters. The van der Waals surface area contributed by atoms with Crippen molar-refractivity contribution in [3.05, 3.63) is 35.7 Å². The smallest absolute Gasteiger partial charge is 0.226 e. The summed E-state index contributed by atoms with van der Waals surface area (Å²) in [5.41, 5.74) is 2.09. The Labute approximate surface area is 151 Å². The van der Waals surface area contributed by atoms with Gasteiger partial charge in [-0.1, -0.05) is 13.3 Å². The van der Waals surface area contributed by atoms with Crippen LogP contribution in [0.5, 0.6) is 5.75 Å². The lowest BCUT2D eigenvalue weighted by molar-refractivity contribution is 0.271. The number of ether oxygens (including phenoxy) is 1. The van der Waals surface area contributed by atoms with Crippen LogP contribution in [0.15, 0.2) is 28.7 Å². The number of likely N-dealkylation sites (tertiary alicyclic amines) is 1. The minimum Gasteiger partial charge on any atom is -0.494 e. The largest absolute Gasteiger partial charge is 0.494 e. The molecular formula is C21H30N2O2. The van der Waals surface area contributed by atoms with Crippen molar-refractivity contribution in [3.8, 4) is 17.2 Å². The number of rotatable bonds is 8. The molecule has 0 N–H and O–H groups in total. The van der Waals surface area contributed by atoms with Crippen molar-refractivity contribution in [2.45, 2.75) is 58.9 Å². The van der Waals surface area contributed by atoms with Crippen LogP contribution in [0.3, 0.4) is 0 Å². The van der Waals surface area contributed by atoms with E-state index in [9.17, 15) is 0 Å². The van der Waals surface area contributed by atoms with E-state index in [4.69, 9.17) is 14.1 Å². The van der Waals surface area contributed by atoms with Gasteiger partial charge >= 0.3 is 0 Å². The molecule has 1 atom stereocenters. The zero-order valence-corrected chi connectivity index (χ0v) is 15.8. The van der Waals surface area contributed by atoms with E-state index >= 15 is 0 Å². The van der Waals surface area contributed by atoms with Gasteiger partial charge in [0, 0.05) is 24.6 Å². The predicted molar refractivity (Wildman–Crippen MR) is 101 cm³/mol. The van der Waals surface area contributed by atoms with Gasteiger partial charge in [0.25, 0.3) is 0 Å². The van der Waals surface area contributed by atoms with Gasteiger partial charge in [-0.25, -0.2) is 4.98 Å². The number of hydrogen-bond acceptors (Lipinski definition) is 4. The molecule has 4 nitrogen and oxygen atoms in total. The van der Waals surface area contributed by atoms with E-state index in [0.717, 1.165) is 55.2 Å². The summed E-state index contributed by atoms with van der Waals surface area (Å²) >= 11 is 0. The molecule has 0 aliphatic carbocycles. The van der Waals surface area contributed by atoms with Gasteiger partial charge in [-0.3, -0.25) is 0 Å². The van der Waals surface area contributed by atoms with Crippen LogP contribution in [-0.2, 0) is 6.42 Å². The number of hydrogen-bond donors (Lipinski definition) is 0. The third-order valence-corrected chi connectivity index (χ3v) is 5.09. The summed E-state index contributed by atoms with van der Waals surface area (Å²) in [6.07, 6.45) is 5.82. The second-order valence-electron chi connectivity index (χ2n) is 7.03. The van der Waals surface area contributed by atoms with Gasteiger partial charge in [-0.05, 0) is 63.9 Å². The average Bonchev–Trinajstić information content (AvgIpc) is 3.19. The Kier molecular flexibility index (Phi) is 6.14.